The highest BCUT2D eigenvalue weighted by molar-refractivity contribution is 5.27. The summed E-state index contributed by atoms with van der Waals surface area (Å²) < 4.78 is 11.1. The minimum atomic E-state index is 0.688. The summed E-state index contributed by atoms with van der Waals surface area (Å²) in [6.07, 6.45) is 0. The SMILES string of the molecule is CC(C)CNCc1ccc(OCCN2CCOCC2)cc1. The summed E-state index contributed by atoms with van der Waals surface area (Å²) in [4.78, 5) is 2.38. The molecule has 0 aliphatic carbocycles. The number of nitrogens with one attached hydrogen (secondary N) is 1. The van der Waals surface area contributed by atoms with Gasteiger partial charge in [-0.05, 0) is 30.2 Å². The van der Waals surface area contributed by atoms with E-state index in [9.17, 15) is 0 Å². The first-order valence-electron chi connectivity index (χ1n) is 7.96. The molecule has 1 aliphatic heterocycles. The average Bonchev–Trinajstić information content (AvgIpc) is 2.50. The van der Waals surface area contributed by atoms with Gasteiger partial charge in [-0.2, -0.15) is 0 Å². The van der Waals surface area contributed by atoms with Gasteiger partial charge in [0, 0.05) is 26.2 Å². The summed E-state index contributed by atoms with van der Waals surface area (Å²) >= 11 is 0. The van der Waals surface area contributed by atoms with Gasteiger partial charge in [-0.15, -0.1) is 0 Å². The maximum absolute atomic E-state index is 5.80. The number of hydrogen-bond donors (Lipinski definition) is 1. The van der Waals surface area contributed by atoms with Crippen LogP contribution in [0.2, 0.25) is 0 Å². The molecular weight excluding hydrogens is 264 g/mol. The van der Waals surface area contributed by atoms with Gasteiger partial charge in [0.25, 0.3) is 0 Å². The lowest BCUT2D eigenvalue weighted by Crippen LogP contribution is -2.38. The average molecular weight is 292 g/mol. The highest BCUT2D eigenvalue weighted by atomic mass is 16.5. The van der Waals surface area contributed by atoms with Crippen LogP contribution in [-0.4, -0.2) is 50.9 Å². The zero-order valence-electron chi connectivity index (χ0n) is 13.3. The molecule has 1 fully saturated rings. The van der Waals surface area contributed by atoms with E-state index in [1.807, 2.05) is 0 Å². The lowest BCUT2D eigenvalue weighted by Gasteiger charge is -2.26. The molecule has 1 aliphatic rings. The van der Waals surface area contributed by atoms with Crippen molar-refractivity contribution in [2.75, 3.05) is 46.0 Å². The monoisotopic (exact) mass is 292 g/mol. The topological polar surface area (TPSA) is 33.7 Å². The number of hydrogen-bond acceptors (Lipinski definition) is 4. The van der Waals surface area contributed by atoms with Gasteiger partial charge in [-0.1, -0.05) is 26.0 Å². The van der Waals surface area contributed by atoms with Crippen molar-refractivity contribution in [3.63, 3.8) is 0 Å². The van der Waals surface area contributed by atoms with Gasteiger partial charge in [0.1, 0.15) is 12.4 Å². The zero-order valence-corrected chi connectivity index (χ0v) is 13.3. The first-order valence-corrected chi connectivity index (χ1v) is 7.96. The number of benzene rings is 1. The maximum Gasteiger partial charge on any atom is 0.119 e. The summed E-state index contributed by atoms with van der Waals surface area (Å²) in [5.41, 5.74) is 1.30. The maximum atomic E-state index is 5.80. The molecular formula is C17H28N2O2. The molecule has 1 saturated heterocycles. The Hall–Kier alpha value is -1.10. The predicted octanol–water partition coefficient (Wildman–Crippen LogP) is 2.14. The van der Waals surface area contributed by atoms with E-state index >= 15 is 0 Å². The van der Waals surface area contributed by atoms with Gasteiger partial charge in [0.15, 0.2) is 0 Å². The molecule has 1 aromatic carbocycles. The lowest BCUT2D eigenvalue weighted by molar-refractivity contribution is 0.0322. The molecule has 0 radical (unpaired) electrons. The summed E-state index contributed by atoms with van der Waals surface area (Å²) in [5, 5.41) is 3.45. The van der Waals surface area contributed by atoms with E-state index < -0.39 is 0 Å². The minimum Gasteiger partial charge on any atom is -0.492 e. The standard InChI is InChI=1S/C17H28N2O2/c1-15(2)13-18-14-16-3-5-17(6-4-16)21-12-9-19-7-10-20-11-8-19/h3-6,15,18H,7-14H2,1-2H3. The lowest BCUT2D eigenvalue weighted by atomic mass is 10.2. The summed E-state index contributed by atoms with van der Waals surface area (Å²) in [6.45, 7) is 11.9. The summed E-state index contributed by atoms with van der Waals surface area (Å²) in [5.74, 6) is 1.64. The molecule has 2 rings (SSSR count). The van der Waals surface area contributed by atoms with Crippen LogP contribution in [0.3, 0.4) is 0 Å². The molecule has 21 heavy (non-hydrogen) atoms. The smallest absolute Gasteiger partial charge is 0.119 e. The fraction of sp³-hybridized carbons (Fsp3) is 0.647. The third-order valence-corrected chi connectivity index (χ3v) is 3.59. The highest BCUT2D eigenvalue weighted by Crippen LogP contribution is 2.12. The molecule has 1 aromatic rings. The second kappa shape index (κ2) is 9.03. The summed E-state index contributed by atoms with van der Waals surface area (Å²) in [6, 6.07) is 8.40. The van der Waals surface area contributed by atoms with Gasteiger partial charge in [-0.3, -0.25) is 4.90 Å². The molecule has 0 unspecified atom stereocenters. The molecule has 0 amide bonds. The molecule has 4 nitrogen and oxygen atoms in total. The number of morpholine rings is 1. The molecule has 0 spiro atoms. The largest absolute Gasteiger partial charge is 0.492 e. The Labute approximate surface area is 128 Å². The number of rotatable bonds is 8. The van der Waals surface area contributed by atoms with Crippen molar-refractivity contribution in [3.05, 3.63) is 29.8 Å². The molecule has 118 valence electrons. The van der Waals surface area contributed by atoms with Crippen LogP contribution in [-0.2, 0) is 11.3 Å². The Morgan fingerprint density at radius 3 is 2.57 bits per heavy atom. The number of nitrogens with zero attached hydrogens (tertiary/aromatic N) is 1. The van der Waals surface area contributed by atoms with E-state index in [2.05, 4.69) is 48.3 Å². The Morgan fingerprint density at radius 2 is 1.90 bits per heavy atom. The van der Waals surface area contributed by atoms with E-state index in [4.69, 9.17) is 9.47 Å². The van der Waals surface area contributed by atoms with Crippen LogP contribution in [0.1, 0.15) is 19.4 Å². The quantitative estimate of drug-likeness (QED) is 0.796. The Kier molecular flexibility index (Phi) is 7.00. The molecule has 0 atom stereocenters. The third-order valence-electron chi connectivity index (χ3n) is 3.59. The fourth-order valence-electron chi connectivity index (χ4n) is 2.33. The summed E-state index contributed by atoms with van der Waals surface area (Å²) in [7, 11) is 0. The van der Waals surface area contributed by atoms with Crippen molar-refractivity contribution in [2.24, 2.45) is 5.92 Å². The highest BCUT2D eigenvalue weighted by Gasteiger charge is 2.09. The Bertz CT molecular complexity index is 386. The van der Waals surface area contributed by atoms with E-state index in [1.165, 1.54) is 5.56 Å². The molecule has 0 bridgehead atoms. The normalized spacial score (nSPS) is 16.3. The van der Waals surface area contributed by atoms with Crippen molar-refractivity contribution in [1.29, 1.82) is 0 Å². The van der Waals surface area contributed by atoms with Gasteiger partial charge in [-0.25, -0.2) is 0 Å². The van der Waals surface area contributed by atoms with Crippen LogP contribution in [0.5, 0.6) is 5.75 Å². The van der Waals surface area contributed by atoms with E-state index in [1.54, 1.807) is 0 Å². The molecule has 0 saturated carbocycles. The predicted molar refractivity (Wildman–Crippen MR) is 85.7 cm³/mol. The van der Waals surface area contributed by atoms with Gasteiger partial charge in [0.05, 0.1) is 13.2 Å². The first kappa shape index (κ1) is 16.3. The molecule has 0 aromatic heterocycles. The van der Waals surface area contributed by atoms with Crippen LogP contribution in [0.4, 0.5) is 0 Å². The zero-order chi connectivity index (χ0) is 14.9. The molecule has 1 heterocycles. The van der Waals surface area contributed by atoms with Gasteiger partial charge < -0.3 is 14.8 Å². The van der Waals surface area contributed by atoms with E-state index in [0.717, 1.165) is 58.3 Å². The molecule has 1 N–H and O–H groups in total. The molecule has 4 heteroatoms. The fourth-order valence-corrected chi connectivity index (χ4v) is 2.33. The van der Waals surface area contributed by atoms with Crippen LogP contribution < -0.4 is 10.1 Å². The van der Waals surface area contributed by atoms with Gasteiger partial charge in [0.2, 0.25) is 0 Å². The third kappa shape index (κ3) is 6.46. The van der Waals surface area contributed by atoms with Crippen molar-refractivity contribution < 1.29 is 9.47 Å². The van der Waals surface area contributed by atoms with Crippen molar-refractivity contribution in [1.82, 2.24) is 10.2 Å². The first-order chi connectivity index (χ1) is 10.2. The minimum absolute atomic E-state index is 0.688. The van der Waals surface area contributed by atoms with Crippen molar-refractivity contribution in [3.8, 4) is 5.75 Å². The van der Waals surface area contributed by atoms with E-state index in [0.29, 0.717) is 5.92 Å². The second-order valence-corrected chi connectivity index (χ2v) is 5.97. The van der Waals surface area contributed by atoms with Crippen LogP contribution >= 0.6 is 0 Å². The van der Waals surface area contributed by atoms with Gasteiger partial charge >= 0.3 is 0 Å². The van der Waals surface area contributed by atoms with Crippen molar-refractivity contribution >= 4 is 0 Å². The van der Waals surface area contributed by atoms with Crippen molar-refractivity contribution in [2.45, 2.75) is 20.4 Å². The second-order valence-electron chi connectivity index (χ2n) is 5.97. The van der Waals surface area contributed by atoms with Crippen LogP contribution in [0, 0.1) is 5.92 Å². The van der Waals surface area contributed by atoms with E-state index in [-0.39, 0.29) is 0 Å². The van der Waals surface area contributed by atoms with Crippen LogP contribution in [0.25, 0.3) is 0 Å². The number of ether oxygens (including phenoxy) is 2. The Morgan fingerprint density at radius 1 is 1.19 bits per heavy atom. The van der Waals surface area contributed by atoms with Crippen LogP contribution in [0.15, 0.2) is 24.3 Å². The Balaban J connectivity index is 1.64.